The SMILES string of the molecule is COc1cc2c(cc1OC)N(C(=O)OCC1c3ccccc3-c3ccccc31)[C@@H](O)[C@@H]1CCCN1C2=O. The summed E-state index contributed by atoms with van der Waals surface area (Å²) >= 11 is 0. The number of anilines is 1. The highest BCUT2D eigenvalue weighted by molar-refractivity contribution is 6.06. The molecule has 2 amide bonds. The molecule has 1 N–H and O–H groups in total. The molecule has 0 radical (unpaired) electrons. The number of ether oxygens (including phenoxy) is 3. The Labute approximate surface area is 215 Å². The summed E-state index contributed by atoms with van der Waals surface area (Å²) in [5.41, 5.74) is 4.94. The lowest BCUT2D eigenvalue weighted by atomic mass is 9.98. The number of benzene rings is 3. The van der Waals surface area contributed by atoms with Gasteiger partial charge in [0.25, 0.3) is 5.91 Å². The number of hydrogen-bond donors (Lipinski definition) is 1. The van der Waals surface area contributed by atoms with Crippen LogP contribution in [-0.2, 0) is 4.74 Å². The zero-order valence-corrected chi connectivity index (χ0v) is 20.7. The van der Waals surface area contributed by atoms with E-state index < -0.39 is 18.4 Å². The van der Waals surface area contributed by atoms with Gasteiger partial charge in [-0.25, -0.2) is 9.69 Å². The van der Waals surface area contributed by atoms with Gasteiger partial charge in [-0.1, -0.05) is 48.5 Å². The van der Waals surface area contributed by atoms with E-state index in [-0.39, 0.29) is 29.7 Å². The van der Waals surface area contributed by atoms with E-state index in [0.717, 1.165) is 28.7 Å². The topological polar surface area (TPSA) is 88.5 Å². The molecular weight excluding hydrogens is 472 g/mol. The fraction of sp³-hybridized carbons (Fsp3) is 0.310. The summed E-state index contributed by atoms with van der Waals surface area (Å²) in [7, 11) is 2.97. The molecule has 8 heteroatoms. The highest BCUT2D eigenvalue weighted by Gasteiger charge is 2.45. The first-order valence-electron chi connectivity index (χ1n) is 12.4. The Morgan fingerprint density at radius 2 is 1.57 bits per heavy atom. The fourth-order valence-corrected chi connectivity index (χ4v) is 5.93. The van der Waals surface area contributed by atoms with Crippen LogP contribution >= 0.6 is 0 Å². The van der Waals surface area contributed by atoms with Gasteiger partial charge in [0, 0.05) is 18.5 Å². The third kappa shape index (κ3) is 3.62. The first-order valence-corrected chi connectivity index (χ1v) is 12.4. The van der Waals surface area contributed by atoms with Crippen LogP contribution in [0.25, 0.3) is 11.1 Å². The predicted octanol–water partition coefficient (Wildman–Crippen LogP) is 4.40. The van der Waals surface area contributed by atoms with Crippen molar-refractivity contribution in [2.24, 2.45) is 0 Å². The molecule has 1 fully saturated rings. The van der Waals surface area contributed by atoms with Gasteiger partial charge < -0.3 is 24.2 Å². The van der Waals surface area contributed by atoms with Crippen molar-refractivity contribution < 1.29 is 28.9 Å². The minimum atomic E-state index is -1.26. The molecule has 8 nitrogen and oxygen atoms in total. The number of methoxy groups -OCH3 is 2. The van der Waals surface area contributed by atoms with E-state index in [0.29, 0.717) is 24.5 Å². The van der Waals surface area contributed by atoms with Crippen molar-refractivity contribution in [1.82, 2.24) is 4.90 Å². The van der Waals surface area contributed by atoms with Crippen LogP contribution in [-0.4, -0.2) is 61.6 Å². The van der Waals surface area contributed by atoms with Crippen LogP contribution in [0.1, 0.15) is 40.2 Å². The van der Waals surface area contributed by atoms with Crippen LogP contribution < -0.4 is 14.4 Å². The van der Waals surface area contributed by atoms with Crippen molar-refractivity contribution in [1.29, 1.82) is 0 Å². The number of aliphatic hydroxyl groups excluding tert-OH is 1. The lowest BCUT2D eigenvalue weighted by Gasteiger charge is -2.32. The second-order valence-corrected chi connectivity index (χ2v) is 9.52. The first-order chi connectivity index (χ1) is 18.0. The fourth-order valence-electron chi connectivity index (χ4n) is 5.93. The minimum absolute atomic E-state index is 0.0982. The van der Waals surface area contributed by atoms with Crippen LogP contribution in [0.5, 0.6) is 11.5 Å². The Bertz CT molecular complexity index is 1340. The standard InChI is InChI=1S/C29H28N2O6/c1-35-25-14-21-24(15-26(25)36-2)31(28(33)23-12-7-13-30(23)27(21)32)29(34)37-16-22-19-10-5-3-8-17(19)18-9-4-6-11-20(18)22/h3-6,8-11,14-15,22-23,28,33H,7,12-13,16H2,1-2H3/t23-,28-/m0/s1. The quantitative estimate of drug-likeness (QED) is 0.572. The predicted molar refractivity (Wildman–Crippen MR) is 137 cm³/mol. The molecule has 0 aromatic heterocycles. The molecule has 0 spiro atoms. The summed E-state index contributed by atoms with van der Waals surface area (Å²) < 4.78 is 16.8. The molecule has 6 rings (SSSR count). The van der Waals surface area contributed by atoms with E-state index in [1.165, 1.54) is 19.1 Å². The Kier molecular flexibility index (Phi) is 5.76. The van der Waals surface area contributed by atoms with Gasteiger partial charge in [0.05, 0.1) is 31.5 Å². The van der Waals surface area contributed by atoms with Gasteiger partial charge in [-0.05, 0) is 41.2 Å². The van der Waals surface area contributed by atoms with E-state index in [2.05, 4.69) is 24.3 Å². The Hall–Kier alpha value is -4.04. The van der Waals surface area contributed by atoms with Gasteiger partial charge in [0.1, 0.15) is 6.61 Å². The van der Waals surface area contributed by atoms with E-state index in [4.69, 9.17) is 14.2 Å². The summed E-state index contributed by atoms with van der Waals surface area (Å²) in [5.74, 6) is 0.329. The van der Waals surface area contributed by atoms with E-state index >= 15 is 0 Å². The number of carbonyl (C=O) groups excluding carboxylic acids is 2. The number of carbonyl (C=O) groups is 2. The summed E-state index contributed by atoms with van der Waals surface area (Å²) in [6, 6.07) is 18.8. The third-order valence-corrected chi connectivity index (χ3v) is 7.69. The molecule has 2 heterocycles. The molecule has 2 aliphatic heterocycles. The van der Waals surface area contributed by atoms with Gasteiger partial charge in [0.15, 0.2) is 17.7 Å². The van der Waals surface area contributed by atoms with E-state index in [1.54, 1.807) is 17.0 Å². The monoisotopic (exact) mass is 500 g/mol. The molecule has 37 heavy (non-hydrogen) atoms. The number of nitrogens with zero attached hydrogens (tertiary/aromatic N) is 2. The number of rotatable bonds is 4. The second-order valence-electron chi connectivity index (χ2n) is 9.52. The number of aliphatic hydroxyl groups is 1. The number of hydrogen-bond acceptors (Lipinski definition) is 6. The van der Waals surface area contributed by atoms with E-state index in [9.17, 15) is 14.7 Å². The second kappa shape index (κ2) is 9.12. The van der Waals surface area contributed by atoms with Gasteiger partial charge >= 0.3 is 6.09 Å². The molecule has 1 saturated heterocycles. The molecule has 1 aliphatic carbocycles. The van der Waals surface area contributed by atoms with Crippen molar-refractivity contribution >= 4 is 17.7 Å². The maximum absolute atomic E-state index is 13.7. The van der Waals surface area contributed by atoms with Crippen molar-refractivity contribution in [3.05, 3.63) is 77.4 Å². The summed E-state index contributed by atoms with van der Waals surface area (Å²) in [5, 5.41) is 11.4. The van der Waals surface area contributed by atoms with Crippen molar-refractivity contribution in [3.63, 3.8) is 0 Å². The van der Waals surface area contributed by atoms with E-state index in [1.807, 2.05) is 24.3 Å². The zero-order chi connectivity index (χ0) is 25.7. The summed E-state index contributed by atoms with van der Waals surface area (Å²) in [6.45, 7) is 0.605. The molecule has 3 aromatic carbocycles. The van der Waals surface area contributed by atoms with Crippen LogP contribution in [0.2, 0.25) is 0 Å². The lowest BCUT2D eigenvalue weighted by Crippen LogP contribution is -2.51. The minimum Gasteiger partial charge on any atom is -0.493 e. The van der Waals surface area contributed by atoms with Crippen LogP contribution in [0.4, 0.5) is 10.5 Å². The molecule has 2 atom stereocenters. The van der Waals surface area contributed by atoms with Crippen molar-refractivity contribution in [2.45, 2.75) is 31.0 Å². The summed E-state index contributed by atoms with van der Waals surface area (Å²) in [4.78, 5) is 30.0. The number of amides is 2. The molecule has 190 valence electrons. The molecule has 0 bridgehead atoms. The summed E-state index contributed by atoms with van der Waals surface area (Å²) in [6.07, 6.45) is -0.650. The zero-order valence-electron chi connectivity index (χ0n) is 20.7. The molecular formula is C29H28N2O6. The maximum atomic E-state index is 13.7. The van der Waals surface area contributed by atoms with Crippen LogP contribution in [0.3, 0.4) is 0 Å². The molecule has 3 aliphatic rings. The number of fused-ring (bicyclic) bond motifs is 5. The first kappa shape index (κ1) is 23.4. The highest BCUT2D eigenvalue weighted by atomic mass is 16.6. The van der Waals surface area contributed by atoms with Gasteiger partial charge in [-0.2, -0.15) is 0 Å². The largest absolute Gasteiger partial charge is 0.493 e. The average molecular weight is 501 g/mol. The molecule has 0 unspecified atom stereocenters. The lowest BCUT2D eigenvalue weighted by molar-refractivity contribution is 0.0488. The Morgan fingerprint density at radius 3 is 2.22 bits per heavy atom. The average Bonchev–Trinajstić information content (AvgIpc) is 3.53. The van der Waals surface area contributed by atoms with Crippen molar-refractivity contribution in [3.8, 4) is 22.6 Å². The smallest absolute Gasteiger partial charge is 0.416 e. The highest BCUT2D eigenvalue weighted by Crippen LogP contribution is 2.45. The maximum Gasteiger partial charge on any atom is 0.416 e. The molecule has 0 saturated carbocycles. The van der Waals surface area contributed by atoms with Crippen LogP contribution in [0.15, 0.2) is 60.7 Å². The van der Waals surface area contributed by atoms with Gasteiger partial charge in [-0.15, -0.1) is 0 Å². The van der Waals surface area contributed by atoms with Crippen LogP contribution in [0, 0.1) is 0 Å². The normalized spacial score (nSPS) is 20.0. The van der Waals surface area contributed by atoms with Gasteiger partial charge in [0.2, 0.25) is 0 Å². The Morgan fingerprint density at radius 1 is 0.946 bits per heavy atom. The Balaban J connectivity index is 1.36. The third-order valence-electron chi connectivity index (χ3n) is 7.69. The van der Waals surface area contributed by atoms with Gasteiger partial charge in [-0.3, -0.25) is 4.79 Å². The van der Waals surface area contributed by atoms with Crippen molar-refractivity contribution in [2.75, 3.05) is 32.3 Å². The molecule has 3 aromatic rings.